The van der Waals surface area contributed by atoms with E-state index < -0.39 is 0 Å². The van der Waals surface area contributed by atoms with Crippen LogP contribution in [0.15, 0.2) is 42.6 Å². The Hall–Kier alpha value is -3.22. The summed E-state index contributed by atoms with van der Waals surface area (Å²) in [7, 11) is 0. The summed E-state index contributed by atoms with van der Waals surface area (Å²) in [5, 5.41) is 2.82. The molecule has 7 nitrogen and oxygen atoms in total. The number of rotatable bonds is 4. The van der Waals surface area contributed by atoms with Gasteiger partial charge in [-0.15, -0.1) is 0 Å². The summed E-state index contributed by atoms with van der Waals surface area (Å²) in [6.45, 7) is 3.87. The van der Waals surface area contributed by atoms with Crippen LogP contribution in [0, 0.1) is 6.92 Å². The van der Waals surface area contributed by atoms with E-state index in [-0.39, 0.29) is 17.5 Å². The first-order valence-corrected chi connectivity index (χ1v) is 8.39. The highest BCUT2D eigenvalue weighted by Crippen LogP contribution is 2.13. The third kappa shape index (κ3) is 4.05. The molecule has 3 rings (SSSR count). The van der Waals surface area contributed by atoms with Crippen LogP contribution in [0.25, 0.3) is 0 Å². The fourth-order valence-electron chi connectivity index (χ4n) is 2.81. The SMILES string of the molecule is Cc1cccc(NC(=O)c2ccnc(C(=O)N3CCN(C=O)CC3)c2)c1. The maximum absolute atomic E-state index is 12.6. The van der Waals surface area contributed by atoms with Gasteiger partial charge in [0, 0.05) is 43.6 Å². The maximum Gasteiger partial charge on any atom is 0.272 e. The second-order valence-electron chi connectivity index (χ2n) is 6.19. The predicted molar refractivity (Wildman–Crippen MR) is 96.9 cm³/mol. The highest BCUT2D eigenvalue weighted by Gasteiger charge is 2.23. The van der Waals surface area contributed by atoms with E-state index in [1.807, 2.05) is 31.2 Å². The molecular formula is C19H20N4O3. The van der Waals surface area contributed by atoms with Crippen molar-refractivity contribution in [2.45, 2.75) is 6.92 Å². The van der Waals surface area contributed by atoms with Crippen molar-refractivity contribution in [1.82, 2.24) is 14.8 Å². The number of hydrogen-bond acceptors (Lipinski definition) is 4. The number of amides is 3. The highest BCUT2D eigenvalue weighted by atomic mass is 16.2. The number of piperazine rings is 1. The molecular weight excluding hydrogens is 332 g/mol. The van der Waals surface area contributed by atoms with Crippen molar-refractivity contribution in [2.24, 2.45) is 0 Å². The molecule has 1 aliphatic rings. The van der Waals surface area contributed by atoms with Crippen molar-refractivity contribution >= 4 is 23.9 Å². The third-order valence-corrected chi connectivity index (χ3v) is 4.27. The summed E-state index contributed by atoms with van der Waals surface area (Å²) >= 11 is 0. The van der Waals surface area contributed by atoms with E-state index in [9.17, 15) is 14.4 Å². The molecule has 3 amide bonds. The van der Waals surface area contributed by atoms with Crippen molar-refractivity contribution in [2.75, 3.05) is 31.5 Å². The Labute approximate surface area is 151 Å². The Morgan fingerprint density at radius 3 is 2.58 bits per heavy atom. The minimum absolute atomic E-state index is 0.224. The smallest absolute Gasteiger partial charge is 0.272 e. The van der Waals surface area contributed by atoms with Crippen molar-refractivity contribution < 1.29 is 14.4 Å². The van der Waals surface area contributed by atoms with Crippen molar-refractivity contribution in [3.05, 3.63) is 59.4 Å². The number of pyridine rings is 1. The van der Waals surface area contributed by atoms with Crippen LogP contribution in [0.4, 0.5) is 5.69 Å². The van der Waals surface area contributed by atoms with Crippen LogP contribution in [0.3, 0.4) is 0 Å². The van der Waals surface area contributed by atoms with Crippen LogP contribution in [-0.2, 0) is 4.79 Å². The molecule has 1 N–H and O–H groups in total. The fraction of sp³-hybridized carbons (Fsp3) is 0.263. The van der Waals surface area contributed by atoms with Crippen LogP contribution in [0.2, 0.25) is 0 Å². The first-order chi connectivity index (χ1) is 12.6. The quantitative estimate of drug-likeness (QED) is 0.847. The van der Waals surface area contributed by atoms with Gasteiger partial charge in [-0.05, 0) is 36.8 Å². The molecule has 0 atom stereocenters. The molecule has 1 aromatic heterocycles. The summed E-state index contributed by atoms with van der Waals surface area (Å²) < 4.78 is 0. The average molecular weight is 352 g/mol. The molecule has 2 aromatic rings. The van der Waals surface area contributed by atoms with Gasteiger partial charge >= 0.3 is 0 Å². The molecule has 0 spiro atoms. The number of benzene rings is 1. The molecule has 1 aromatic carbocycles. The summed E-state index contributed by atoms with van der Waals surface area (Å²) in [6.07, 6.45) is 2.25. The summed E-state index contributed by atoms with van der Waals surface area (Å²) in [6, 6.07) is 10.6. The van der Waals surface area contributed by atoms with Crippen LogP contribution in [0.1, 0.15) is 26.4 Å². The number of aromatic nitrogens is 1. The number of nitrogens with one attached hydrogen (secondary N) is 1. The maximum atomic E-state index is 12.6. The normalized spacial score (nSPS) is 14.0. The van der Waals surface area contributed by atoms with Crippen LogP contribution < -0.4 is 5.32 Å². The van der Waals surface area contributed by atoms with E-state index in [2.05, 4.69) is 10.3 Å². The lowest BCUT2D eigenvalue weighted by molar-refractivity contribution is -0.119. The molecule has 0 bridgehead atoms. The molecule has 26 heavy (non-hydrogen) atoms. The zero-order valence-corrected chi connectivity index (χ0v) is 14.5. The number of aryl methyl sites for hydroxylation is 1. The van der Waals surface area contributed by atoms with Crippen molar-refractivity contribution in [1.29, 1.82) is 0 Å². The number of carbonyl (C=O) groups is 3. The van der Waals surface area contributed by atoms with Gasteiger partial charge in [-0.25, -0.2) is 0 Å². The first-order valence-electron chi connectivity index (χ1n) is 8.39. The minimum Gasteiger partial charge on any atom is -0.342 e. The molecule has 0 radical (unpaired) electrons. The minimum atomic E-state index is -0.294. The standard InChI is InChI=1S/C19H20N4O3/c1-14-3-2-4-16(11-14)21-18(25)15-5-6-20-17(12-15)19(26)23-9-7-22(13-24)8-10-23/h2-6,11-13H,7-10H2,1H3,(H,21,25). The predicted octanol–water partition coefficient (Wildman–Crippen LogP) is 1.56. The van der Waals surface area contributed by atoms with Gasteiger partial charge in [0.05, 0.1) is 0 Å². The monoisotopic (exact) mass is 352 g/mol. The van der Waals surface area contributed by atoms with E-state index in [0.29, 0.717) is 37.4 Å². The Bertz CT molecular complexity index is 829. The number of hydrogen-bond donors (Lipinski definition) is 1. The molecule has 1 saturated heterocycles. The second kappa shape index (κ2) is 7.77. The van der Waals surface area contributed by atoms with E-state index >= 15 is 0 Å². The molecule has 134 valence electrons. The average Bonchev–Trinajstić information content (AvgIpc) is 2.67. The van der Waals surface area contributed by atoms with Crippen LogP contribution >= 0.6 is 0 Å². The van der Waals surface area contributed by atoms with Crippen LogP contribution in [-0.4, -0.2) is 59.2 Å². The van der Waals surface area contributed by atoms with E-state index in [4.69, 9.17) is 0 Å². The van der Waals surface area contributed by atoms with Gasteiger partial charge in [0.1, 0.15) is 5.69 Å². The fourth-order valence-corrected chi connectivity index (χ4v) is 2.81. The molecule has 0 unspecified atom stereocenters. The first kappa shape index (κ1) is 17.6. The molecule has 2 heterocycles. The van der Waals surface area contributed by atoms with E-state index in [1.165, 1.54) is 12.3 Å². The lowest BCUT2D eigenvalue weighted by Crippen LogP contribution is -2.48. The third-order valence-electron chi connectivity index (χ3n) is 4.27. The molecule has 0 saturated carbocycles. The lowest BCUT2D eigenvalue weighted by atomic mass is 10.1. The van der Waals surface area contributed by atoms with Gasteiger partial charge in [-0.1, -0.05) is 12.1 Å². The van der Waals surface area contributed by atoms with E-state index in [0.717, 1.165) is 12.0 Å². The van der Waals surface area contributed by atoms with Gasteiger partial charge in [0.2, 0.25) is 6.41 Å². The summed E-state index contributed by atoms with van der Waals surface area (Å²) in [5.41, 5.74) is 2.34. The zero-order chi connectivity index (χ0) is 18.5. The Morgan fingerprint density at radius 2 is 1.88 bits per heavy atom. The topological polar surface area (TPSA) is 82.6 Å². The zero-order valence-electron chi connectivity index (χ0n) is 14.5. The van der Waals surface area contributed by atoms with Gasteiger partial charge < -0.3 is 15.1 Å². The number of carbonyl (C=O) groups excluding carboxylic acids is 3. The Morgan fingerprint density at radius 1 is 1.12 bits per heavy atom. The van der Waals surface area contributed by atoms with Crippen molar-refractivity contribution in [3.63, 3.8) is 0 Å². The Kier molecular flexibility index (Phi) is 5.26. The van der Waals surface area contributed by atoms with Gasteiger partial charge in [-0.2, -0.15) is 0 Å². The molecule has 7 heteroatoms. The lowest BCUT2D eigenvalue weighted by Gasteiger charge is -2.32. The molecule has 1 fully saturated rings. The van der Waals surface area contributed by atoms with Crippen molar-refractivity contribution in [3.8, 4) is 0 Å². The molecule has 0 aliphatic carbocycles. The van der Waals surface area contributed by atoms with Gasteiger partial charge in [0.25, 0.3) is 11.8 Å². The largest absolute Gasteiger partial charge is 0.342 e. The summed E-state index contributed by atoms with van der Waals surface area (Å²) in [4.78, 5) is 43.2. The van der Waals surface area contributed by atoms with Gasteiger partial charge in [0.15, 0.2) is 0 Å². The number of nitrogens with zero attached hydrogens (tertiary/aromatic N) is 3. The number of anilines is 1. The highest BCUT2D eigenvalue weighted by molar-refractivity contribution is 6.05. The Balaban J connectivity index is 1.70. The second-order valence-corrected chi connectivity index (χ2v) is 6.19. The molecule has 1 aliphatic heterocycles. The van der Waals surface area contributed by atoms with Crippen LogP contribution in [0.5, 0.6) is 0 Å². The van der Waals surface area contributed by atoms with E-state index in [1.54, 1.807) is 15.9 Å². The van der Waals surface area contributed by atoms with Gasteiger partial charge in [-0.3, -0.25) is 19.4 Å². The summed E-state index contributed by atoms with van der Waals surface area (Å²) in [5.74, 6) is -0.529.